The molecule has 3 aromatic rings. The molecule has 2 aromatic carbocycles. The number of rotatable bonds is 10. The highest BCUT2D eigenvalue weighted by atomic mass is 32.2. The zero-order valence-electron chi connectivity index (χ0n) is 16.9. The first-order valence-corrected chi connectivity index (χ1v) is 10.7. The third kappa shape index (κ3) is 5.95. The Balaban J connectivity index is 1.88. The maximum atomic E-state index is 11.3. The van der Waals surface area contributed by atoms with Crippen molar-refractivity contribution < 1.29 is 9.53 Å². The van der Waals surface area contributed by atoms with E-state index in [1.807, 2.05) is 48.5 Å². The van der Waals surface area contributed by atoms with Gasteiger partial charge in [0.15, 0.2) is 5.16 Å². The number of carbonyl (C=O) groups is 1. The summed E-state index contributed by atoms with van der Waals surface area (Å²) < 4.78 is 8.10. The molecule has 6 heteroatoms. The minimum absolute atomic E-state index is 0.192. The predicted octanol–water partition coefficient (Wildman–Crippen LogP) is 4.35. The monoisotopic (exact) mass is 409 g/mol. The van der Waals surface area contributed by atoms with E-state index >= 15 is 0 Å². The molecule has 29 heavy (non-hydrogen) atoms. The summed E-state index contributed by atoms with van der Waals surface area (Å²) in [5, 5.41) is 0.770. The molecule has 5 nitrogen and oxygen atoms in total. The first-order valence-electron chi connectivity index (χ1n) is 9.70. The van der Waals surface area contributed by atoms with Gasteiger partial charge in [-0.1, -0.05) is 86.3 Å². The number of carbonyl (C=O) groups excluding carboxylic acids is 1. The van der Waals surface area contributed by atoms with Crippen molar-refractivity contribution in [2.75, 3.05) is 5.75 Å². The molecular weight excluding hydrogens is 382 g/mol. The minimum Gasteiger partial charge on any atom is -0.369 e. The summed E-state index contributed by atoms with van der Waals surface area (Å²) in [7, 11) is 0. The standard InChI is InChI=1S/C23H27N3O2S/c1-17(2)22-20(13-18-9-5-3-6-10-18)26(23(25-22)29-15-21(24)27)16-28-14-19-11-7-4-8-12-19/h3-12,17H,13-16H2,1-2H3,(H2,24,27). The molecule has 0 spiro atoms. The number of thioether (sulfide) groups is 1. The molecule has 0 aliphatic carbocycles. The number of nitrogens with two attached hydrogens (primary N) is 1. The van der Waals surface area contributed by atoms with Gasteiger partial charge in [-0.05, 0) is 17.0 Å². The van der Waals surface area contributed by atoms with E-state index in [0.29, 0.717) is 13.3 Å². The van der Waals surface area contributed by atoms with Crippen LogP contribution in [0, 0.1) is 0 Å². The summed E-state index contributed by atoms with van der Waals surface area (Å²) in [6.45, 7) is 5.15. The lowest BCUT2D eigenvalue weighted by molar-refractivity contribution is -0.115. The van der Waals surface area contributed by atoms with Crippen LogP contribution >= 0.6 is 11.8 Å². The summed E-state index contributed by atoms with van der Waals surface area (Å²) in [4.78, 5) is 16.2. The summed E-state index contributed by atoms with van der Waals surface area (Å²) in [5.74, 6) is 0.0975. The van der Waals surface area contributed by atoms with Crippen molar-refractivity contribution in [1.29, 1.82) is 0 Å². The van der Waals surface area contributed by atoms with Gasteiger partial charge in [0, 0.05) is 12.1 Å². The molecule has 2 N–H and O–H groups in total. The number of hydrogen-bond acceptors (Lipinski definition) is 4. The Labute approximate surface area is 176 Å². The van der Waals surface area contributed by atoms with E-state index in [0.717, 1.165) is 28.5 Å². The number of aromatic nitrogens is 2. The molecule has 0 aliphatic heterocycles. The maximum absolute atomic E-state index is 11.3. The number of imidazole rings is 1. The summed E-state index contributed by atoms with van der Waals surface area (Å²) in [5.41, 5.74) is 9.85. The number of hydrogen-bond donors (Lipinski definition) is 1. The van der Waals surface area contributed by atoms with Crippen molar-refractivity contribution >= 4 is 17.7 Å². The van der Waals surface area contributed by atoms with Gasteiger partial charge in [0.25, 0.3) is 0 Å². The SMILES string of the molecule is CC(C)c1nc(SCC(N)=O)n(COCc2ccccc2)c1Cc1ccccc1. The molecule has 0 fully saturated rings. The molecule has 152 valence electrons. The molecule has 0 saturated carbocycles. The smallest absolute Gasteiger partial charge is 0.227 e. The van der Waals surface area contributed by atoms with Crippen LogP contribution in [0.2, 0.25) is 0 Å². The van der Waals surface area contributed by atoms with Crippen molar-refractivity contribution in [3.63, 3.8) is 0 Å². The Morgan fingerprint density at radius 3 is 2.28 bits per heavy atom. The van der Waals surface area contributed by atoms with E-state index in [-0.39, 0.29) is 17.6 Å². The summed E-state index contributed by atoms with van der Waals surface area (Å²) in [6, 6.07) is 20.4. The lowest BCUT2D eigenvalue weighted by atomic mass is 10.0. The number of nitrogens with zero attached hydrogens (tertiary/aromatic N) is 2. The Bertz CT molecular complexity index is 924. The van der Waals surface area contributed by atoms with E-state index in [1.165, 1.54) is 17.3 Å². The van der Waals surface area contributed by atoms with E-state index < -0.39 is 0 Å². The van der Waals surface area contributed by atoms with Crippen molar-refractivity contribution in [2.45, 2.75) is 44.7 Å². The van der Waals surface area contributed by atoms with Crippen LogP contribution in [0.5, 0.6) is 0 Å². The van der Waals surface area contributed by atoms with E-state index in [2.05, 4.69) is 30.5 Å². The second-order valence-corrected chi connectivity index (χ2v) is 8.13. The lowest BCUT2D eigenvalue weighted by Crippen LogP contribution is -2.15. The Kier molecular flexibility index (Phi) is 7.49. The first kappa shape index (κ1) is 21.1. The Hall–Kier alpha value is -2.57. The average Bonchev–Trinajstić information content (AvgIpc) is 3.06. The fourth-order valence-electron chi connectivity index (χ4n) is 3.13. The van der Waals surface area contributed by atoms with Gasteiger partial charge in [-0.3, -0.25) is 9.36 Å². The number of amides is 1. The van der Waals surface area contributed by atoms with Gasteiger partial charge >= 0.3 is 0 Å². The Morgan fingerprint density at radius 2 is 1.69 bits per heavy atom. The predicted molar refractivity (Wildman–Crippen MR) is 117 cm³/mol. The van der Waals surface area contributed by atoms with Crippen molar-refractivity contribution in [3.8, 4) is 0 Å². The van der Waals surface area contributed by atoms with Crippen LogP contribution in [-0.2, 0) is 29.3 Å². The molecule has 0 atom stereocenters. The van der Waals surface area contributed by atoms with Crippen molar-refractivity contribution in [1.82, 2.24) is 9.55 Å². The molecule has 1 heterocycles. The molecule has 0 radical (unpaired) electrons. The van der Waals surface area contributed by atoms with Crippen LogP contribution in [0.4, 0.5) is 0 Å². The third-order valence-electron chi connectivity index (χ3n) is 4.51. The quantitative estimate of drug-likeness (QED) is 0.506. The van der Waals surface area contributed by atoms with Gasteiger partial charge in [-0.2, -0.15) is 0 Å². The molecule has 3 rings (SSSR count). The summed E-state index contributed by atoms with van der Waals surface area (Å²) in [6.07, 6.45) is 0.757. The fourth-order valence-corrected chi connectivity index (χ4v) is 3.88. The topological polar surface area (TPSA) is 70.1 Å². The molecule has 0 aliphatic rings. The van der Waals surface area contributed by atoms with E-state index in [4.69, 9.17) is 15.5 Å². The van der Waals surface area contributed by atoms with E-state index in [1.54, 1.807) is 0 Å². The highest BCUT2D eigenvalue weighted by molar-refractivity contribution is 7.99. The average molecular weight is 410 g/mol. The van der Waals surface area contributed by atoms with Crippen LogP contribution in [0.1, 0.15) is 42.3 Å². The summed E-state index contributed by atoms with van der Waals surface area (Å²) >= 11 is 1.36. The fraction of sp³-hybridized carbons (Fsp3) is 0.304. The maximum Gasteiger partial charge on any atom is 0.227 e. The van der Waals surface area contributed by atoms with Gasteiger partial charge < -0.3 is 10.5 Å². The number of primary amides is 1. The molecule has 0 saturated heterocycles. The van der Waals surface area contributed by atoms with Gasteiger partial charge in [0.05, 0.1) is 18.1 Å². The third-order valence-corrected chi connectivity index (χ3v) is 5.50. The first-order chi connectivity index (χ1) is 14.0. The normalized spacial score (nSPS) is 11.1. The largest absolute Gasteiger partial charge is 0.369 e. The zero-order valence-corrected chi connectivity index (χ0v) is 17.7. The van der Waals surface area contributed by atoms with Crippen LogP contribution < -0.4 is 5.73 Å². The molecule has 1 aromatic heterocycles. The van der Waals surface area contributed by atoms with Crippen molar-refractivity contribution in [3.05, 3.63) is 83.2 Å². The van der Waals surface area contributed by atoms with Crippen LogP contribution in [0.15, 0.2) is 65.8 Å². The number of benzene rings is 2. The molecular formula is C23H27N3O2S. The van der Waals surface area contributed by atoms with Crippen LogP contribution in [-0.4, -0.2) is 21.2 Å². The second-order valence-electron chi connectivity index (χ2n) is 7.19. The van der Waals surface area contributed by atoms with Gasteiger partial charge in [-0.25, -0.2) is 4.98 Å². The highest BCUT2D eigenvalue weighted by Gasteiger charge is 2.20. The minimum atomic E-state index is -0.356. The Morgan fingerprint density at radius 1 is 1.07 bits per heavy atom. The molecule has 0 unspecified atom stereocenters. The van der Waals surface area contributed by atoms with Crippen LogP contribution in [0.3, 0.4) is 0 Å². The van der Waals surface area contributed by atoms with Gasteiger partial charge in [0.2, 0.25) is 5.91 Å². The zero-order chi connectivity index (χ0) is 20.6. The van der Waals surface area contributed by atoms with Gasteiger partial charge in [0.1, 0.15) is 6.73 Å². The molecule has 1 amide bonds. The number of ether oxygens (including phenoxy) is 1. The lowest BCUT2D eigenvalue weighted by Gasteiger charge is -2.14. The highest BCUT2D eigenvalue weighted by Crippen LogP contribution is 2.28. The van der Waals surface area contributed by atoms with Crippen molar-refractivity contribution in [2.24, 2.45) is 5.73 Å². The molecule has 0 bridgehead atoms. The van der Waals surface area contributed by atoms with Crippen LogP contribution in [0.25, 0.3) is 0 Å². The van der Waals surface area contributed by atoms with E-state index in [9.17, 15) is 4.79 Å². The second kappa shape index (κ2) is 10.3. The van der Waals surface area contributed by atoms with Gasteiger partial charge in [-0.15, -0.1) is 0 Å².